The van der Waals surface area contributed by atoms with Gasteiger partial charge in [-0.3, -0.25) is 9.59 Å². The minimum Gasteiger partial charge on any atom is -0.425 e. The van der Waals surface area contributed by atoms with E-state index >= 15 is 0 Å². The molecule has 0 bridgehead atoms. The molecule has 0 aliphatic carbocycles. The molecule has 6 nitrogen and oxygen atoms in total. The molecule has 1 heterocycles. The summed E-state index contributed by atoms with van der Waals surface area (Å²) < 4.78 is 48.2. The fourth-order valence-corrected chi connectivity index (χ4v) is 2.52. The van der Waals surface area contributed by atoms with Crippen molar-refractivity contribution in [3.05, 3.63) is 41.7 Å². The van der Waals surface area contributed by atoms with Crippen LogP contribution in [0.15, 0.2) is 34.9 Å². The van der Waals surface area contributed by atoms with E-state index in [2.05, 4.69) is 10.5 Å². The summed E-state index contributed by atoms with van der Waals surface area (Å²) in [6.07, 6.45) is -4.63. The standard InChI is InChI=1S/C16H15F3N2O4S/c1-9-7-13(21-25-9)20-15(23)10(2)26-8-14(22)24-12-6-4-3-5-11(12)16(17,18)19/h3-7,10H,8H2,1-2H3,(H,20,21,23). The molecular formula is C16H15F3N2O4S. The second-order valence-corrected chi connectivity index (χ2v) is 6.56. The van der Waals surface area contributed by atoms with E-state index in [1.807, 2.05) is 0 Å². The largest absolute Gasteiger partial charge is 0.425 e. The first-order chi connectivity index (χ1) is 12.2. The number of rotatable bonds is 6. The molecule has 140 valence electrons. The Kier molecular flexibility index (Phi) is 6.30. The van der Waals surface area contributed by atoms with Crippen molar-refractivity contribution in [3.63, 3.8) is 0 Å². The van der Waals surface area contributed by atoms with Crippen LogP contribution in [0.25, 0.3) is 0 Å². The highest BCUT2D eigenvalue weighted by Crippen LogP contribution is 2.36. The third kappa shape index (κ3) is 5.51. The maximum Gasteiger partial charge on any atom is 0.419 e. The zero-order valence-corrected chi connectivity index (χ0v) is 14.6. The van der Waals surface area contributed by atoms with Crippen LogP contribution >= 0.6 is 11.8 Å². The molecule has 1 amide bonds. The van der Waals surface area contributed by atoms with Gasteiger partial charge < -0.3 is 14.6 Å². The predicted molar refractivity (Wildman–Crippen MR) is 88.9 cm³/mol. The molecule has 2 aromatic rings. The summed E-state index contributed by atoms with van der Waals surface area (Å²) in [4.78, 5) is 23.8. The van der Waals surface area contributed by atoms with Gasteiger partial charge in [-0.25, -0.2) is 0 Å². The monoisotopic (exact) mass is 388 g/mol. The number of ether oxygens (including phenoxy) is 1. The number of aromatic nitrogens is 1. The highest BCUT2D eigenvalue weighted by Gasteiger charge is 2.34. The minimum absolute atomic E-state index is 0.238. The van der Waals surface area contributed by atoms with E-state index in [9.17, 15) is 22.8 Å². The number of aryl methyl sites for hydroxylation is 1. The van der Waals surface area contributed by atoms with Crippen LogP contribution < -0.4 is 10.1 Å². The van der Waals surface area contributed by atoms with E-state index in [4.69, 9.17) is 9.26 Å². The Labute approximate surface area is 151 Å². The number of amides is 1. The average molecular weight is 388 g/mol. The van der Waals surface area contributed by atoms with E-state index in [0.717, 1.165) is 23.9 Å². The number of halogens is 3. The normalized spacial score (nSPS) is 12.5. The van der Waals surface area contributed by atoms with Gasteiger partial charge in [0.25, 0.3) is 0 Å². The summed E-state index contributed by atoms with van der Waals surface area (Å²) in [5.74, 6) is -1.41. The second kappa shape index (κ2) is 8.26. The van der Waals surface area contributed by atoms with Crippen LogP contribution in [-0.4, -0.2) is 28.0 Å². The van der Waals surface area contributed by atoms with Crippen molar-refractivity contribution in [1.29, 1.82) is 0 Å². The summed E-state index contributed by atoms with van der Waals surface area (Å²) in [7, 11) is 0. The van der Waals surface area contributed by atoms with Gasteiger partial charge in [0.1, 0.15) is 11.5 Å². The molecule has 1 atom stereocenters. The Balaban J connectivity index is 1.88. The number of alkyl halides is 3. The third-order valence-electron chi connectivity index (χ3n) is 3.12. The van der Waals surface area contributed by atoms with Crippen LogP contribution in [-0.2, 0) is 15.8 Å². The molecule has 1 N–H and O–H groups in total. The van der Waals surface area contributed by atoms with Gasteiger partial charge in [-0.2, -0.15) is 13.2 Å². The molecule has 0 fully saturated rings. The lowest BCUT2D eigenvalue weighted by Crippen LogP contribution is -2.24. The zero-order chi connectivity index (χ0) is 19.3. The first kappa shape index (κ1) is 19.8. The smallest absolute Gasteiger partial charge is 0.419 e. The van der Waals surface area contributed by atoms with Crippen LogP contribution in [0, 0.1) is 6.92 Å². The average Bonchev–Trinajstić information content (AvgIpc) is 2.97. The number of esters is 1. The number of para-hydroxylation sites is 1. The van der Waals surface area contributed by atoms with Crippen LogP contribution in [0.5, 0.6) is 5.75 Å². The SMILES string of the molecule is Cc1cc(NC(=O)C(C)SCC(=O)Oc2ccccc2C(F)(F)F)no1. The highest BCUT2D eigenvalue weighted by molar-refractivity contribution is 8.01. The van der Waals surface area contributed by atoms with Gasteiger partial charge in [0, 0.05) is 6.07 Å². The number of hydrogen-bond acceptors (Lipinski definition) is 6. The second-order valence-electron chi connectivity index (χ2n) is 5.23. The summed E-state index contributed by atoms with van der Waals surface area (Å²) in [6.45, 7) is 3.21. The number of anilines is 1. The van der Waals surface area contributed by atoms with Crippen LogP contribution in [0.4, 0.5) is 19.0 Å². The molecule has 1 aromatic carbocycles. The molecule has 0 spiro atoms. The summed E-state index contributed by atoms with van der Waals surface area (Å²) >= 11 is 0.925. The van der Waals surface area contributed by atoms with Crippen molar-refractivity contribution >= 4 is 29.5 Å². The molecule has 0 saturated heterocycles. The molecule has 10 heteroatoms. The van der Waals surface area contributed by atoms with Crippen molar-refractivity contribution in [2.45, 2.75) is 25.3 Å². The number of thioether (sulfide) groups is 1. The van der Waals surface area contributed by atoms with Gasteiger partial charge in [0.15, 0.2) is 5.82 Å². The Morgan fingerprint density at radius 1 is 1.35 bits per heavy atom. The molecule has 26 heavy (non-hydrogen) atoms. The molecule has 0 aliphatic rings. The van der Waals surface area contributed by atoms with Crippen molar-refractivity contribution in [3.8, 4) is 5.75 Å². The van der Waals surface area contributed by atoms with E-state index in [0.29, 0.717) is 5.76 Å². The van der Waals surface area contributed by atoms with E-state index in [-0.39, 0.29) is 11.6 Å². The van der Waals surface area contributed by atoms with Gasteiger partial charge in [-0.05, 0) is 26.0 Å². The van der Waals surface area contributed by atoms with Crippen molar-refractivity contribution < 1.29 is 32.0 Å². The van der Waals surface area contributed by atoms with Crippen LogP contribution in [0.1, 0.15) is 18.2 Å². The minimum atomic E-state index is -4.63. The molecule has 0 aliphatic heterocycles. The highest BCUT2D eigenvalue weighted by atomic mass is 32.2. The van der Waals surface area contributed by atoms with E-state index in [1.54, 1.807) is 13.8 Å². The lowest BCUT2D eigenvalue weighted by molar-refractivity contribution is -0.141. The van der Waals surface area contributed by atoms with Gasteiger partial charge in [0.2, 0.25) is 5.91 Å². The van der Waals surface area contributed by atoms with Crippen LogP contribution in [0.3, 0.4) is 0 Å². The Hall–Kier alpha value is -2.49. The number of nitrogens with zero attached hydrogens (tertiary/aromatic N) is 1. The predicted octanol–water partition coefficient (Wildman–Crippen LogP) is 3.67. The van der Waals surface area contributed by atoms with Crippen molar-refractivity contribution in [2.75, 3.05) is 11.1 Å². The number of nitrogens with one attached hydrogen (secondary N) is 1. The van der Waals surface area contributed by atoms with Gasteiger partial charge in [-0.15, -0.1) is 11.8 Å². The molecule has 2 rings (SSSR count). The lowest BCUT2D eigenvalue weighted by Gasteiger charge is -2.13. The Morgan fingerprint density at radius 3 is 2.65 bits per heavy atom. The molecule has 1 aromatic heterocycles. The molecule has 1 unspecified atom stereocenters. The summed E-state index contributed by atoms with van der Waals surface area (Å²) in [5, 5.41) is 5.45. The maximum atomic E-state index is 12.9. The Morgan fingerprint density at radius 2 is 2.04 bits per heavy atom. The first-order valence-corrected chi connectivity index (χ1v) is 8.44. The number of benzene rings is 1. The van der Waals surface area contributed by atoms with E-state index in [1.165, 1.54) is 18.2 Å². The van der Waals surface area contributed by atoms with Gasteiger partial charge in [-0.1, -0.05) is 17.3 Å². The quantitative estimate of drug-likeness (QED) is 0.601. The molecular weight excluding hydrogens is 373 g/mol. The molecule has 0 radical (unpaired) electrons. The topological polar surface area (TPSA) is 81.4 Å². The van der Waals surface area contributed by atoms with Crippen molar-refractivity contribution in [2.24, 2.45) is 0 Å². The summed E-state index contributed by atoms with van der Waals surface area (Å²) in [6, 6.07) is 5.95. The van der Waals surface area contributed by atoms with Crippen LogP contribution in [0.2, 0.25) is 0 Å². The fourth-order valence-electron chi connectivity index (χ4n) is 1.86. The number of hydrogen-bond donors (Lipinski definition) is 1. The van der Waals surface area contributed by atoms with Gasteiger partial charge in [0.05, 0.1) is 16.6 Å². The van der Waals surface area contributed by atoms with Crippen molar-refractivity contribution in [1.82, 2.24) is 5.16 Å². The van der Waals surface area contributed by atoms with Gasteiger partial charge >= 0.3 is 12.1 Å². The first-order valence-electron chi connectivity index (χ1n) is 7.39. The number of carbonyl (C=O) groups excluding carboxylic acids is 2. The van der Waals surface area contributed by atoms with E-state index < -0.39 is 34.6 Å². The zero-order valence-electron chi connectivity index (χ0n) is 13.8. The summed E-state index contributed by atoms with van der Waals surface area (Å²) in [5.41, 5.74) is -1.04. The maximum absolute atomic E-state index is 12.9. The molecule has 0 saturated carbocycles. The number of carbonyl (C=O) groups is 2. The third-order valence-corrected chi connectivity index (χ3v) is 4.23. The fraction of sp³-hybridized carbons (Fsp3) is 0.312. The lowest BCUT2D eigenvalue weighted by atomic mass is 10.2. The Bertz CT molecular complexity index is 792.